The average Bonchev–Trinajstić information content (AvgIpc) is 2.57. The number of carbonyl (C=O) groups excluding carboxylic acids is 2. The van der Waals surface area contributed by atoms with Crippen LogP contribution in [-0.4, -0.2) is 25.1 Å². The molecule has 0 spiro atoms. The summed E-state index contributed by atoms with van der Waals surface area (Å²) in [5.41, 5.74) is 1.47. The van der Waals surface area contributed by atoms with E-state index in [1.807, 2.05) is 37.3 Å². The molecule has 0 saturated heterocycles. The van der Waals surface area contributed by atoms with Crippen LogP contribution in [-0.2, 0) is 6.42 Å². The maximum Gasteiger partial charge on any atom is 0.321 e. The number of para-hydroxylation sites is 1. The summed E-state index contributed by atoms with van der Waals surface area (Å²) in [4.78, 5) is 23.6. The van der Waals surface area contributed by atoms with Gasteiger partial charge >= 0.3 is 6.03 Å². The van der Waals surface area contributed by atoms with Gasteiger partial charge in [0, 0.05) is 12.1 Å². The van der Waals surface area contributed by atoms with Crippen molar-refractivity contribution in [2.24, 2.45) is 0 Å². The van der Waals surface area contributed by atoms with Crippen molar-refractivity contribution in [1.82, 2.24) is 10.6 Å². The second-order valence-corrected chi connectivity index (χ2v) is 4.87. The molecule has 0 radical (unpaired) electrons. The average molecular weight is 312 g/mol. The van der Waals surface area contributed by atoms with Gasteiger partial charge in [0.2, 0.25) is 0 Å². The first-order valence-corrected chi connectivity index (χ1v) is 7.55. The minimum Gasteiger partial charge on any atom is -0.494 e. The van der Waals surface area contributed by atoms with Crippen molar-refractivity contribution in [2.45, 2.75) is 13.3 Å². The van der Waals surface area contributed by atoms with Gasteiger partial charge in [-0.25, -0.2) is 4.79 Å². The zero-order valence-corrected chi connectivity index (χ0v) is 13.0. The van der Waals surface area contributed by atoms with Crippen molar-refractivity contribution >= 4 is 11.9 Å². The van der Waals surface area contributed by atoms with Crippen LogP contribution in [0, 0.1) is 0 Å². The number of carbonyl (C=O) groups is 2. The summed E-state index contributed by atoms with van der Waals surface area (Å²) >= 11 is 0. The lowest BCUT2D eigenvalue weighted by molar-refractivity contribution is 0.0964. The second kappa shape index (κ2) is 8.58. The van der Waals surface area contributed by atoms with Crippen molar-refractivity contribution in [3.05, 3.63) is 65.7 Å². The number of nitrogens with one attached hydrogen (secondary N) is 2. The molecule has 5 heteroatoms. The lowest BCUT2D eigenvalue weighted by Crippen LogP contribution is -2.40. The number of hydrogen-bond acceptors (Lipinski definition) is 3. The van der Waals surface area contributed by atoms with Gasteiger partial charge in [-0.1, -0.05) is 36.4 Å². The standard InChI is InChI=1S/C18H20N2O3/c1-2-23-16-11-7-6-8-14(16)12-13-19-18(22)20-17(21)15-9-4-3-5-10-15/h3-11H,2,12-13H2,1H3,(H2,19,20,21,22). The molecule has 5 nitrogen and oxygen atoms in total. The van der Waals surface area contributed by atoms with Crippen molar-refractivity contribution in [3.63, 3.8) is 0 Å². The summed E-state index contributed by atoms with van der Waals surface area (Å²) in [5.74, 6) is 0.399. The summed E-state index contributed by atoms with van der Waals surface area (Å²) in [6, 6.07) is 15.8. The third-order valence-electron chi connectivity index (χ3n) is 3.22. The molecule has 0 bridgehead atoms. The lowest BCUT2D eigenvalue weighted by Gasteiger charge is -2.10. The molecule has 2 aromatic rings. The van der Waals surface area contributed by atoms with Gasteiger partial charge in [-0.3, -0.25) is 10.1 Å². The highest BCUT2D eigenvalue weighted by Gasteiger charge is 2.09. The summed E-state index contributed by atoms with van der Waals surface area (Å²) < 4.78 is 5.53. The Hall–Kier alpha value is -2.82. The number of ether oxygens (including phenoxy) is 1. The highest BCUT2D eigenvalue weighted by molar-refractivity contribution is 6.04. The van der Waals surface area contributed by atoms with Crippen LogP contribution in [0.25, 0.3) is 0 Å². The van der Waals surface area contributed by atoms with E-state index in [1.54, 1.807) is 24.3 Å². The van der Waals surface area contributed by atoms with Crippen LogP contribution >= 0.6 is 0 Å². The molecular weight excluding hydrogens is 292 g/mol. The fraction of sp³-hybridized carbons (Fsp3) is 0.222. The van der Waals surface area contributed by atoms with Gasteiger partial charge < -0.3 is 10.1 Å². The number of amides is 3. The van der Waals surface area contributed by atoms with Gasteiger partial charge in [0.15, 0.2) is 0 Å². The molecule has 0 heterocycles. The number of rotatable bonds is 6. The van der Waals surface area contributed by atoms with Crippen molar-refractivity contribution in [1.29, 1.82) is 0 Å². The molecule has 2 N–H and O–H groups in total. The van der Waals surface area contributed by atoms with Gasteiger partial charge in [0.25, 0.3) is 5.91 Å². The zero-order chi connectivity index (χ0) is 16.5. The van der Waals surface area contributed by atoms with E-state index in [-0.39, 0.29) is 0 Å². The van der Waals surface area contributed by atoms with Crippen molar-refractivity contribution in [3.8, 4) is 5.75 Å². The maximum atomic E-state index is 11.8. The third kappa shape index (κ3) is 5.14. The normalized spacial score (nSPS) is 9.96. The van der Waals surface area contributed by atoms with Crippen LogP contribution in [0.3, 0.4) is 0 Å². The van der Waals surface area contributed by atoms with E-state index in [2.05, 4.69) is 10.6 Å². The van der Waals surface area contributed by atoms with E-state index in [4.69, 9.17) is 4.74 Å². The molecule has 0 aromatic heterocycles. The van der Waals surface area contributed by atoms with Gasteiger partial charge in [-0.05, 0) is 37.1 Å². The van der Waals surface area contributed by atoms with Gasteiger partial charge in [0.1, 0.15) is 5.75 Å². The predicted octanol–water partition coefficient (Wildman–Crippen LogP) is 2.77. The summed E-state index contributed by atoms with van der Waals surface area (Å²) in [7, 11) is 0. The smallest absolute Gasteiger partial charge is 0.321 e. The Balaban J connectivity index is 1.80. The Morgan fingerprint density at radius 3 is 2.43 bits per heavy atom. The summed E-state index contributed by atoms with van der Waals surface area (Å²) in [6.45, 7) is 2.94. The van der Waals surface area contributed by atoms with Crippen LogP contribution in [0.4, 0.5) is 4.79 Å². The lowest BCUT2D eigenvalue weighted by atomic mass is 10.1. The first-order valence-electron chi connectivity index (χ1n) is 7.55. The molecule has 2 aromatic carbocycles. The fourth-order valence-electron chi connectivity index (χ4n) is 2.13. The molecule has 0 aliphatic rings. The molecule has 0 aliphatic heterocycles. The van der Waals surface area contributed by atoms with Gasteiger partial charge in [-0.2, -0.15) is 0 Å². The molecular formula is C18H20N2O3. The van der Waals surface area contributed by atoms with Crippen LogP contribution in [0.2, 0.25) is 0 Å². The zero-order valence-electron chi connectivity index (χ0n) is 13.0. The molecule has 120 valence electrons. The number of hydrogen-bond donors (Lipinski definition) is 2. The topological polar surface area (TPSA) is 67.4 Å². The highest BCUT2D eigenvalue weighted by Crippen LogP contribution is 2.17. The molecule has 0 saturated carbocycles. The first kappa shape index (κ1) is 16.5. The Kier molecular flexibility index (Phi) is 6.17. The molecule has 0 unspecified atom stereocenters. The van der Waals surface area contributed by atoms with E-state index >= 15 is 0 Å². The van der Waals surface area contributed by atoms with Crippen LogP contribution in [0.5, 0.6) is 5.75 Å². The second-order valence-electron chi connectivity index (χ2n) is 4.87. The van der Waals surface area contributed by atoms with E-state index < -0.39 is 11.9 Å². The van der Waals surface area contributed by atoms with Crippen molar-refractivity contribution in [2.75, 3.05) is 13.2 Å². The Labute approximate surface area is 135 Å². The minimum atomic E-state index is -0.507. The molecule has 0 atom stereocenters. The minimum absolute atomic E-state index is 0.415. The molecule has 3 amide bonds. The van der Waals surface area contributed by atoms with Crippen LogP contribution < -0.4 is 15.4 Å². The van der Waals surface area contributed by atoms with E-state index in [0.29, 0.717) is 25.1 Å². The fourth-order valence-corrected chi connectivity index (χ4v) is 2.13. The van der Waals surface area contributed by atoms with E-state index in [0.717, 1.165) is 11.3 Å². The predicted molar refractivity (Wildman–Crippen MR) is 88.6 cm³/mol. The molecule has 23 heavy (non-hydrogen) atoms. The van der Waals surface area contributed by atoms with Crippen LogP contribution in [0.1, 0.15) is 22.8 Å². The van der Waals surface area contributed by atoms with Gasteiger partial charge in [0.05, 0.1) is 6.61 Å². The quantitative estimate of drug-likeness (QED) is 0.862. The van der Waals surface area contributed by atoms with E-state index in [9.17, 15) is 9.59 Å². The van der Waals surface area contributed by atoms with Crippen LogP contribution in [0.15, 0.2) is 54.6 Å². The molecule has 2 rings (SSSR count). The number of urea groups is 1. The Morgan fingerprint density at radius 2 is 1.70 bits per heavy atom. The van der Waals surface area contributed by atoms with Crippen molar-refractivity contribution < 1.29 is 14.3 Å². The number of imide groups is 1. The first-order chi connectivity index (χ1) is 11.2. The maximum absolute atomic E-state index is 11.8. The SMILES string of the molecule is CCOc1ccccc1CCNC(=O)NC(=O)c1ccccc1. The Morgan fingerprint density at radius 1 is 1.00 bits per heavy atom. The largest absolute Gasteiger partial charge is 0.494 e. The monoisotopic (exact) mass is 312 g/mol. The highest BCUT2D eigenvalue weighted by atomic mass is 16.5. The molecule has 0 fully saturated rings. The molecule has 0 aliphatic carbocycles. The van der Waals surface area contributed by atoms with E-state index in [1.165, 1.54) is 0 Å². The third-order valence-corrected chi connectivity index (χ3v) is 3.22. The summed E-state index contributed by atoms with van der Waals surface area (Å²) in [5, 5.41) is 4.98. The summed E-state index contributed by atoms with van der Waals surface area (Å²) in [6.07, 6.45) is 0.628. The van der Waals surface area contributed by atoms with Gasteiger partial charge in [-0.15, -0.1) is 0 Å². The Bertz CT molecular complexity index is 656. The number of benzene rings is 2.